The average Bonchev–Trinajstić information content (AvgIpc) is 2.44. The van der Waals surface area contributed by atoms with Crippen LogP contribution in [-0.4, -0.2) is 36.9 Å². The third-order valence-electron chi connectivity index (χ3n) is 2.87. The number of benzene rings is 1. The molecule has 0 aliphatic rings. The Labute approximate surface area is 120 Å². The Kier molecular flexibility index (Phi) is 6.18. The quantitative estimate of drug-likeness (QED) is 0.814. The molecule has 0 atom stereocenters. The lowest BCUT2D eigenvalue weighted by Crippen LogP contribution is -2.39. The number of nitrogens with two attached hydrogens (primary N) is 1. The van der Waals surface area contributed by atoms with Gasteiger partial charge in [-0.05, 0) is 23.6 Å². The topological polar surface area (TPSA) is 75.4 Å². The van der Waals surface area contributed by atoms with E-state index in [4.69, 9.17) is 5.73 Å². The lowest BCUT2D eigenvalue weighted by atomic mass is 10.1. The summed E-state index contributed by atoms with van der Waals surface area (Å²) in [4.78, 5) is 25.2. The summed E-state index contributed by atoms with van der Waals surface area (Å²) >= 11 is 0. The van der Waals surface area contributed by atoms with Crippen LogP contribution in [-0.2, 0) is 11.3 Å². The molecule has 20 heavy (non-hydrogen) atoms. The molecule has 0 fully saturated rings. The molecule has 1 rings (SSSR count). The van der Waals surface area contributed by atoms with Crippen LogP contribution in [0.5, 0.6) is 0 Å². The Hall–Kier alpha value is -1.88. The molecule has 0 radical (unpaired) electrons. The molecular weight excluding hydrogens is 254 g/mol. The van der Waals surface area contributed by atoms with E-state index in [0.717, 1.165) is 5.56 Å². The maximum Gasteiger partial charge on any atom is 0.254 e. The van der Waals surface area contributed by atoms with Gasteiger partial charge in [-0.15, -0.1) is 0 Å². The Morgan fingerprint density at radius 2 is 1.85 bits per heavy atom. The average molecular weight is 277 g/mol. The third-order valence-corrected chi connectivity index (χ3v) is 2.87. The van der Waals surface area contributed by atoms with E-state index in [1.165, 1.54) is 4.90 Å². The molecule has 3 N–H and O–H groups in total. The van der Waals surface area contributed by atoms with Gasteiger partial charge in [-0.3, -0.25) is 9.59 Å². The van der Waals surface area contributed by atoms with Gasteiger partial charge in [-0.2, -0.15) is 0 Å². The van der Waals surface area contributed by atoms with Gasteiger partial charge in [0.15, 0.2) is 0 Å². The number of likely N-dealkylation sites (N-methyl/N-ethyl adjacent to an activating group) is 1. The number of rotatable bonds is 6. The number of nitrogens with zero attached hydrogens (tertiary/aromatic N) is 1. The molecule has 1 aromatic carbocycles. The largest absolute Gasteiger partial charge is 0.354 e. The van der Waals surface area contributed by atoms with Gasteiger partial charge in [-0.1, -0.05) is 26.0 Å². The molecule has 0 saturated heterocycles. The van der Waals surface area contributed by atoms with Crippen molar-refractivity contribution in [1.82, 2.24) is 10.2 Å². The zero-order valence-electron chi connectivity index (χ0n) is 12.3. The normalized spacial score (nSPS) is 10.4. The summed E-state index contributed by atoms with van der Waals surface area (Å²) in [6.45, 7) is 5.17. The maximum absolute atomic E-state index is 12.1. The highest BCUT2D eigenvalue weighted by Gasteiger charge is 2.14. The number of carbonyl (C=O) groups excluding carboxylic acids is 2. The smallest absolute Gasteiger partial charge is 0.254 e. The van der Waals surface area contributed by atoms with Crippen LogP contribution in [0.15, 0.2) is 24.3 Å². The highest BCUT2D eigenvalue weighted by molar-refractivity contribution is 5.96. The van der Waals surface area contributed by atoms with Crippen molar-refractivity contribution in [2.45, 2.75) is 20.4 Å². The van der Waals surface area contributed by atoms with Crippen molar-refractivity contribution in [2.75, 3.05) is 20.1 Å². The molecule has 0 aliphatic heterocycles. The molecule has 1 aromatic rings. The van der Waals surface area contributed by atoms with E-state index in [0.29, 0.717) is 24.6 Å². The monoisotopic (exact) mass is 277 g/mol. The van der Waals surface area contributed by atoms with Crippen LogP contribution >= 0.6 is 0 Å². The van der Waals surface area contributed by atoms with E-state index in [2.05, 4.69) is 5.32 Å². The van der Waals surface area contributed by atoms with E-state index in [1.54, 1.807) is 19.2 Å². The van der Waals surface area contributed by atoms with Gasteiger partial charge in [0.25, 0.3) is 5.91 Å². The van der Waals surface area contributed by atoms with Gasteiger partial charge in [0.05, 0.1) is 6.54 Å². The first-order valence-electron chi connectivity index (χ1n) is 6.75. The zero-order chi connectivity index (χ0) is 15.1. The fourth-order valence-corrected chi connectivity index (χ4v) is 1.66. The third kappa shape index (κ3) is 5.01. The van der Waals surface area contributed by atoms with E-state index in [-0.39, 0.29) is 18.4 Å². The Bertz CT molecular complexity index is 455. The van der Waals surface area contributed by atoms with Crippen molar-refractivity contribution < 1.29 is 9.59 Å². The van der Waals surface area contributed by atoms with Crippen molar-refractivity contribution in [2.24, 2.45) is 11.7 Å². The maximum atomic E-state index is 12.1. The number of carbonyl (C=O) groups is 2. The Morgan fingerprint density at radius 3 is 2.35 bits per heavy atom. The van der Waals surface area contributed by atoms with Crippen LogP contribution in [0.25, 0.3) is 0 Å². The predicted molar refractivity (Wildman–Crippen MR) is 79.1 cm³/mol. The van der Waals surface area contributed by atoms with Crippen LogP contribution in [0.2, 0.25) is 0 Å². The molecule has 0 spiro atoms. The number of nitrogens with one attached hydrogen (secondary N) is 1. The van der Waals surface area contributed by atoms with E-state index >= 15 is 0 Å². The zero-order valence-corrected chi connectivity index (χ0v) is 12.3. The highest BCUT2D eigenvalue weighted by atomic mass is 16.2. The lowest BCUT2D eigenvalue weighted by Gasteiger charge is -2.17. The molecule has 0 aliphatic carbocycles. The van der Waals surface area contributed by atoms with Crippen molar-refractivity contribution in [3.63, 3.8) is 0 Å². The molecule has 110 valence electrons. The summed E-state index contributed by atoms with van der Waals surface area (Å²) in [5.41, 5.74) is 7.04. The van der Waals surface area contributed by atoms with Crippen molar-refractivity contribution >= 4 is 11.8 Å². The predicted octanol–water partition coefficient (Wildman–Crippen LogP) is 0.989. The molecule has 0 saturated carbocycles. The highest BCUT2D eigenvalue weighted by Crippen LogP contribution is 2.06. The first-order valence-corrected chi connectivity index (χ1v) is 6.75. The fourth-order valence-electron chi connectivity index (χ4n) is 1.66. The Balaban J connectivity index is 2.55. The molecule has 0 bridgehead atoms. The first-order chi connectivity index (χ1) is 9.43. The number of hydrogen-bond donors (Lipinski definition) is 2. The molecule has 0 unspecified atom stereocenters. The van der Waals surface area contributed by atoms with Gasteiger partial charge >= 0.3 is 0 Å². The summed E-state index contributed by atoms with van der Waals surface area (Å²) < 4.78 is 0. The molecule has 2 amide bonds. The summed E-state index contributed by atoms with van der Waals surface area (Å²) in [6.07, 6.45) is 0. The molecule has 5 nitrogen and oxygen atoms in total. The van der Waals surface area contributed by atoms with Crippen LogP contribution in [0.3, 0.4) is 0 Å². The van der Waals surface area contributed by atoms with Crippen molar-refractivity contribution in [3.05, 3.63) is 35.4 Å². The minimum Gasteiger partial charge on any atom is -0.354 e. The minimum absolute atomic E-state index is 0.0597. The molecule has 0 aromatic heterocycles. The number of hydrogen-bond acceptors (Lipinski definition) is 3. The van der Waals surface area contributed by atoms with Gasteiger partial charge in [0, 0.05) is 25.7 Å². The Morgan fingerprint density at radius 1 is 1.25 bits per heavy atom. The second-order valence-corrected chi connectivity index (χ2v) is 5.26. The number of amides is 2. The second kappa shape index (κ2) is 7.65. The molecular formula is C15H23N3O2. The summed E-state index contributed by atoms with van der Waals surface area (Å²) in [6, 6.07) is 7.10. The van der Waals surface area contributed by atoms with E-state index in [9.17, 15) is 9.59 Å². The van der Waals surface area contributed by atoms with Gasteiger partial charge in [-0.25, -0.2) is 0 Å². The van der Waals surface area contributed by atoms with Crippen LogP contribution in [0.1, 0.15) is 29.8 Å². The summed E-state index contributed by atoms with van der Waals surface area (Å²) in [5.74, 6) is 0.0742. The summed E-state index contributed by atoms with van der Waals surface area (Å²) in [7, 11) is 1.62. The SMILES string of the molecule is CC(C)CNC(=O)CN(C)C(=O)c1ccc(CN)cc1. The summed E-state index contributed by atoms with van der Waals surface area (Å²) in [5, 5.41) is 2.79. The van der Waals surface area contributed by atoms with Crippen LogP contribution in [0, 0.1) is 5.92 Å². The van der Waals surface area contributed by atoms with Crippen molar-refractivity contribution in [1.29, 1.82) is 0 Å². The molecule has 5 heteroatoms. The van der Waals surface area contributed by atoms with Gasteiger partial charge in [0.2, 0.25) is 5.91 Å². The van der Waals surface area contributed by atoms with Gasteiger partial charge < -0.3 is 16.0 Å². The fraction of sp³-hybridized carbons (Fsp3) is 0.467. The molecule has 0 heterocycles. The minimum atomic E-state index is -0.173. The van der Waals surface area contributed by atoms with Crippen LogP contribution < -0.4 is 11.1 Å². The van der Waals surface area contributed by atoms with Crippen LogP contribution in [0.4, 0.5) is 0 Å². The van der Waals surface area contributed by atoms with Crippen molar-refractivity contribution in [3.8, 4) is 0 Å². The standard InChI is InChI=1S/C15H23N3O2/c1-11(2)9-17-14(19)10-18(3)15(20)13-6-4-12(8-16)5-7-13/h4-7,11H,8-10,16H2,1-3H3,(H,17,19). The lowest BCUT2D eigenvalue weighted by molar-refractivity contribution is -0.121. The second-order valence-electron chi connectivity index (χ2n) is 5.26. The van der Waals surface area contributed by atoms with E-state index in [1.807, 2.05) is 26.0 Å². The van der Waals surface area contributed by atoms with E-state index < -0.39 is 0 Å². The van der Waals surface area contributed by atoms with Gasteiger partial charge in [0.1, 0.15) is 0 Å². The first kappa shape index (κ1) is 16.2.